The third-order valence-electron chi connectivity index (χ3n) is 10.9. The van der Waals surface area contributed by atoms with E-state index in [2.05, 4.69) is 0 Å². The fourth-order valence-electron chi connectivity index (χ4n) is 7.62. The highest BCUT2D eigenvalue weighted by atomic mass is 35.5. The number of esters is 4. The molecule has 0 aromatic heterocycles. The summed E-state index contributed by atoms with van der Waals surface area (Å²) >= 11 is 6.54. The van der Waals surface area contributed by atoms with Gasteiger partial charge in [-0.05, 0) is 80.0 Å². The van der Waals surface area contributed by atoms with Crippen molar-refractivity contribution in [3.63, 3.8) is 0 Å². The molecule has 0 radical (unpaired) electrons. The Hall–Kier alpha value is -7.71. The Labute approximate surface area is 373 Å². The molecule has 336 valence electrons. The van der Waals surface area contributed by atoms with Crippen molar-refractivity contribution in [2.45, 2.75) is 39.7 Å². The third kappa shape index (κ3) is 10.1. The minimum absolute atomic E-state index is 0.0447. The number of nitrogens with zero attached hydrogens (tertiary/aromatic N) is 5. The number of rotatable bonds is 17. The van der Waals surface area contributed by atoms with E-state index in [0.29, 0.717) is 5.57 Å². The van der Waals surface area contributed by atoms with Crippen LogP contribution in [0.5, 0.6) is 11.5 Å². The van der Waals surface area contributed by atoms with Gasteiger partial charge in [-0.3, -0.25) is 39.9 Å². The minimum atomic E-state index is -1.06. The molecule has 0 bridgehead atoms. The van der Waals surface area contributed by atoms with Crippen molar-refractivity contribution in [2.75, 3.05) is 20.1 Å². The van der Waals surface area contributed by atoms with Crippen LogP contribution in [0.25, 0.3) is 0 Å². The predicted octanol–water partition coefficient (Wildman–Crippen LogP) is 7.17. The molecule has 0 aliphatic carbocycles. The van der Waals surface area contributed by atoms with Crippen LogP contribution in [0.15, 0.2) is 96.2 Å². The quantitative estimate of drug-likeness (QED) is 0.0193. The number of Topliss-reactive ketones (excluding diaryl/α,β-unsaturated/α-hetero) is 1. The van der Waals surface area contributed by atoms with E-state index in [0.717, 1.165) is 78.9 Å². The van der Waals surface area contributed by atoms with Gasteiger partial charge in [0.2, 0.25) is 5.91 Å². The normalized spacial score (nSPS) is 16.4. The van der Waals surface area contributed by atoms with Crippen LogP contribution < -0.4 is 9.47 Å². The highest BCUT2D eigenvalue weighted by Gasteiger charge is 2.59. The number of halogens is 1. The number of hydrogen-bond donors (Lipinski definition) is 0. The monoisotopic (exact) mass is 911 g/mol. The first-order valence-electron chi connectivity index (χ1n) is 19.8. The van der Waals surface area contributed by atoms with Gasteiger partial charge in [-0.2, -0.15) is 0 Å². The fraction of sp³-hybridized carbons (Fsp3) is 0.273. The highest BCUT2D eigenvalue weighted by molar-refractivity contribution is 6.33. The molecule has 2 heterocycles. The Kier molecular flexibility index (Phi) is 13.9. The van der Waals surface area contributed by atoms with E-state index in [1.807, 2.05) is 25.7 Å². The largest absolute Gasteiger partial charge is 0.419 e. The maximum absolute atomic E-state index is 13.7. The molecule has 0 saturated carbocycles. The number of hydrogen-bond acceptors (Lipinski definition) is 16. The number of nitro benzene ring substituents is 3. The molecule has 4 aromatic carbocycles. The lowest BCUT2D eigenvalue weighted by atomic mass is 9.74. The van der Waals surface area contributed by atoms with Crippen LogP contribution >= 0.6 is 11.6 Å². The molecule has 2 aliphatic rings. The third-order valence-corrected chi connectivity index (χ3v) is 11.2. The van der Waals surface area contributed by atoms with Crippen LogP contribution in [0.4, 0.5) is 17.1 Å². The molecule has 3 atom stereocenters. The van der Waals surface area contributed by atoms with Crippen molar-refractivity contribution in [1.29, 1.82) is 0 Å². The number of carbonyl (C=O) groups excluding carboxylic acids is 6. The van der Waals surface area contributed by atoms with E-state index in [9.17, 15) is 59.1 Å². The van der Waals surface area contributed by atoms with Crippen LogP contribution in [0.2, 0.25) is 5.02 Å². The SMILES string of the molecule is CC(C)[C@H]1C(=O)N2C(C(=O)OC(=O)c3ccc([N+](=O)[O-])cc3)=C(CN(C)CCCC(=O)c3cc(Cl)c(OC(=O)c4ccc([N+](=O)[O-])cc4)c(OC(=O)c4ccc([N+](=O)[O-])cc4)c3)[C@H](C)[C@H]12. The summed E-state index contributed by atoms with van der Waals surface area (Å²) in [5.41, 5.74) is -0.805. The number of ether oxygens (including phenoxy) is 3. The van der Waals surface area contributed by atoms with Crippen molar-refractivity contribution in [3.8, 4) is 11.5 Å². The van der Waals surface area contributed by atoms with Crippen molar-refractivity contribution in [2.24, 2.45) is 17.8 Å². The lowest BCUT2D eigenvalue weighted by Crippen LogP contribution is -2.62. The Morgan fingerprint density at radius 3 is 1.68 bits per heavy atom. The number of carbonyl (C=O) groups is 6. The number of ketones is 1. The van der Waals surface area contributed by atoms with Crippen LogP contribution in [-0.4, -0.2) is 86.3 Å². The molecule has 0 unspecified atom stereocenters. The van der Waals surface area contributed by atoms with Gasteiger partial charge in [-0.1, -0.05) is 32.4 Å². The maximum Gasteiger partial charge on any atom is 0.362 e. The van der Waals surface area contributed by atoms with E-state index in [1.54, 1.807) is 7.05 Å². The lowest BCUT2D eigenvalue weighted by Gasteiger charge is -2.47. The average Bonchev–Trinajstić information content (AvgIpc) is 3.50. The topological polar surface area (TPSA) is 266 Å². The molecule has 1 fully saturated rings. The number of likely N-dealkylation sites (N-methyl/N-ethyl adjacent to an activating group) is 1. The predicted molar refractivity (Wildman–Crippen MR) is 227 cm³/mol. The van der Waals surface area contributed by atoms with Crippen LogP contribution in [-0.2, 0) is 14.3 Å². The number of β-lactam (4-membered cyclic amide) rings is 1. The summed E-state index contributed by atoms with van der Waals surface area (Å²) in [6.45, 7) is 6.07. The highest BCUT2D eigenvalue weighted by Crippen LogP contribution is 2.49. The summed E-state index contributed by atoms with van der Waals surface area (Å²) in [5, 5.41) is 33.0. The lowest BCUT2D eigenvalue weighted by molar-refractivity contribution is -0.385. The van der Waals surface area contributed by atoms with Gasteiger partial charge in [0.05, 0.1) is 48.4 Å². The molecule has 21 heteroatoms. The molecule has 65 heavy (non-hydrogen) atoms. The zero-order valence-electron chi connectivity index (χ0n) is 35.0. The van der Waals surface area contributed by atoms with Gasteiger partial charge >= 0.3 is 23.9 Å². The Balaban J connectivity index is 1.18. The second kappa shape index (κ2) is 19.4. The second-order valence-electron chi connectivity index (χ2n) is 15.5. The fourth-order valence-corrected chi connectivity index (χ4v) is 7.87. The van der Waals surface area contributed by atoms with Gasteiger partial charge in [0.25, 0.3) is 17.1 Å². The summed E-state index contributed by atoms with van der Waals surface area (Å²) in [4.78, 5) is 114. The summed E-state index contributed by atoms with van der Waals surface area (Å²) in [6.07, 6.45) is 0.150. The van der Waals surface area contributed by atoms with Crippen LogP contribution in [0, 0.1) is 48.1 Å². The van der Waals surface area contributed by atoms with E-state index >= 15 is 0 Å². The van der Waals surface area contributed by atoms with Crippen LogP contribution in [0.1, 0.15) is 75.0 Å². The molecule has 6 rings (SSSR count). The molecular formula is C44H38ClN5O15. The molecule has 4 aromatic rings. The molecule has 2 aliphatic heterocycles. The second-order valence-corrected chi connectivity index (χ2v) is 16.0. The maximum atomic E-state index is 13.7. The first-order valence-corrected chi connectivity index (χ1v) is 20.2. The van der Waals surface area contributed by atoms with Gasteiger partial charge in [-0.15, -0.1) is 0 Å². The number of nitro groups is 3. The smallest absolute Gasteiger partial charge is 0.362 e. The summed E-state index contributed by atoms with van der Waals surface area (Å²) in [6, 6.07) is 15.3. The van der Waals surface area contributed by atoms with Gasteiger partial charge in [0, 0.05) is 60.8 Å². The van der Waals surface area contributed by atoms with Gasteiger partial charge in [0.15, 0.2) is 17.3 Å². The van der Waals surface area contributed by atoms with Crippen molar-refractivity contribution < 1.29 is 57.7 Å². The van der Waals surface area contributed by atoms with E-state index < -0.39 is 55.9 Å². The molecule has 1 saturated heterocycles. The van der Waals surface area contributed by atoms with Gasteiger partial charge in [-0.25, -0.2) is 19.2 Å². The number of amides is 1. The summed E-state index contributed by atoms with van der Waals surface area (Å²) in [7, 11) is 1.73. The Morgan fingerprint density at radius 2 is 1.20 bits per heavy atom. The Bertz CT molecular complexity index is 2670. The summed E-state index contributed by atoms with van der Waals surface area (Å²) in [5.74, 6) is -6.64. The molecule has 0 N–H and O–H groups in total. The molecule has 0 spiro atoms. The van der Waals surface area contributed by atoms with Crippen molar-refractivity contribution in [1.82, 2.24) is 9.80 Å². The number of benzene rings is 4. The Morgan fingerprint density at radius 1 is 0.723 bits per heavy atom. The van der Waals surface area contributed by atoms with E-state index in [4.69, 9.17) is 25.8 Å². The first kappa shape index (κ1) is 46.8. The molecule has 20 nitrogen and oxygen atoms in total. The summed E-state index contributed by atoms with van der Waals surface area (Å²) < 4.78 is 16.2. The van der Waals surface area contributed by atoms with E-state index in [1.165, 1.54) is 11.0 Å². The zero-order chi connectivity index (χ0) is 47.4. The first-order chi connectivity index (χ1) is 30.8. The number of non-ortho nitro benzene ring substituents is 3. The average molecular weight is 912 g/mol. The molecular weight excluding hydrogens is 874 g/mol. The molecule has 1 amide bonds. The van der Waals surface area contributed by atoms with Crippen LogP contribution in [0.3, 0.4) is 0 Å². The number of fused-ring (bicyclic) bond motifs is 1. The van der Waals surface area contributed by atoms with Crippen molar-refractivity contribution in [3.05, 3.63) is 154 Å². The minimum Gasteiger partial charge on any atom is -0.419 e. The van der Waals surface area contributed by atoms with E-state index in [-0.39, 0.29) is 106 Å². The zero-order valence-corrected chi connectivity index (χ0v) is 35.7. The van der Waals surface area contributed by atoms with Gasteiger partial charge in [0.1, 0.15) is 5.70 Å². The van der Waals surface area contributed by atoms with Crippen molar-refractivity contribution >= 4 is 64.2 Å². The standard InChI is InChI=1S/C44H38ClN5O15/c1-23(2)36-37-24(3)32(38(47(37)40(36)52)44(56)65-43(55)27-11-17-31(18-12-27)50(61)62)22-46(4)19-5-6-34(51)28-20-33(45)39(64-42(54)26-9-15-30(16-10-26)49(59)60)35(21-28)63-41(53)25-7-13-29(14-8-25)48(57)58/h7-18,20-21,23-24,36-37H,5-6,19,22H2,1-4H3/t24-,36+,37+/m0/s1. The van der Waals surface area contributed by atoms with Gasteiger partial charge < -0.3 is 24.0 Å².